The summed E-state index contributed by atoms with van der Waals surface area (Å²) in [5.74, 6) is 0. The summed E-state index contributed by atoms with van der Waals surface area (Å²) in [6, 6.07) is 0. The molecule has 4 aliphatic heterocycles. The molecule has 23 nitrogen and oxygen atoms in total. The topological polar surface area (TPSA) is 374 Å². The maximum absolute atomic E-state index is 11.4. The van der Waals surface area contributed by atoms with E-state index in [1.165, 1.54) is 0 Å². The smallest absolute Gasteiger partial charge is 0.394 e. The van der Waals surface area contributed by atoms with Crippen molar-refractivity contribution in [2.45, 2.75) is 117 Å². The standard InChI is InChI=1S/C23H41O23P/c24-1-6-10(28)12(30)19(46-21-15(33)9(27)5(26)3-39-21)23(42-6)45-18-11(29)8(4-40-47(36,37)38)43-22(16(18)34)44-17-7(2-25)41-20(35)14(32)13(17)31/h5-35H,1-4H2,(H2,36,37,38)/t5-,6-,7-,8-,9-,10+,11+,12+,13-,14+,15+,16-,17-,18+,19-,20+,21-,22+,23+/m1/s1. The van der Waals surface area contributed by atoms with Gasteiger partial charge in [0.1, 0.15) is 91.6 Å². The number of hydrogen-bond acceptors (Lipinski definition) is 21. The van der Waals surface area contributed by atoms with Crippen LogP contribution in [0.3, 0.4) is 0 Å². The molecule has 47 heavy (non-hydrogen) atoms. The first-order chi connectivity index (χ1) is 22.0. The summed E-state index contributed by atoms with van der Waals surface area (Å²) in [7, 11) is -5.19. The van der Waals surface area contributed by atoms with E-state index in [9.17, 15) is 75.6 Å². The lowest BCUT2D eigenvalue weighted by molar-refractivity contribution is -0.392. The van der Waals surface area contributed by atoms with Crippen LogP contribution in [-0.2, 0) is 42.2 Å². The van der Waals surface area contributed by atoms with E-state index in [-0.39, 0.29) is 0 Å². The van der Waals surface area contributed by atoms with Crippen LogP contribution < -0.4 is 0 Å². The molecule has 0 aliphatic carbocycles. The van der Waals surface area contributed by atoms with Gasteiger partial charge in [-0.3, -0.25) is 4.52 Å². The van der Waals surface area contributed by atoms with Crippen molar-refractivity contribution in [3.05, 3.63) is 0 Å². The summed E-state index contributed by atoms with van der Waals surface area (Å²) < 4.78 is 53.7. The lowest BCUT2D eigenvalue weighted by Crippen LogP contribution is -2.67. The second-order valence-corrected chi connectivity index (χ2v) is 12.5. The Morgan fingerprint density at radius 1 is 0.553 bits per heavy atom. The largest absolute Gasteiger partial charge is 0.469 e. The molecule has 0 radical (unpaired) electrons. The highest BCUT2D eigenvalue weighted by Gasteiger charge is 2.55. The molecular formula is C23H41O23P. The number of phosphoric acid groups is 1. The third-order valence-electron chi connectivity index (χ3n) is 8.04. The monoisotopic (exact) mass is 716 g/mol. The Hall–Kier alpha value is -0.650. The molecule has 276 valence electrons. The van der Waals surface area contributed by atoms with Crippen molar-refractivity contribution < 1.29 is 113 Å². The number of aliphatic hydroxyl groups is 12. The zero-order valence-corrected chi connectivity index (χ0v) is 25.1. The molecule has 19 atom stereocenters. The normalized spacial score (nSPS) is 50.0. The van der Waals surface area contributed by atoms with Gasteiger partial charge in [-0.25, -0.2) is 4.57 Å². The molecule has 4 saturated heterocycles. The minimum absolute atomic E-state index is 0.547. The average Bonchev–Trinajstić information content (AvgIpc) is 3.02. The molecule has 14 N–H and O–H groups in total. The van der Waals surface area contributed by atoms with E-state index < -0.39 is 151 Å². The van der Waals surface area contributed by atoms with Crippen LogP contribution in [0.2, 0.25) is 0 Å². The van der Waals surface area contributed by atoms with Crippen molar-refractivity contribution >= 4 is 7.82 Å². The summed E-state index contributed by atoms with van der Waals surface area (Å²) in [5, 5.41) is 123. The van der Waals surface area contributed by atoms with Gasteiger partial charge in [0.05, 0.1) is 26.4 Å². The number of ether oxygens (including phenoxy) is 7. The van der Waals surface area contributed by atoms with Gasteiger partial charge in [0.15, 0.2) is 25.2 Å². The van der Waals surface area contributed by atoms with Crippen molar-refractivity contribution in [3.8, 4) is 0 Å². The van der Waals surface area contributed by atoms with Gasteiger partial charge in [-0.15, -0.1) is 0 Å². The van der Waals surface area contributed by atoms with Crippen LogP contribution in [0.1, 0.15) is 0 Å². The molecule has 4 rings (SSSR count). The van der Waals surface area contributed by atoms with E-state index in [1.54, 1.807) is 0 Å². The fourth-order valence-corrected chi connectivity index (χ4v) is 5.73. The molecule has 0 spiro atoms. The molecule has 4 heterocycles. The SMILES string of the molecule is O=P(O)(O)OC[C@H]1O[C@@H](O[C@H]2[C@H](O)[C@H](O)[C@@H](O)O[C@@H]2CO)[C@H](O)[C@@H](O[C@@H]2O[C@H](CO)[C@H](O)[C@H](O)[C@H]2O[C@H]2OC[C@@H](O)[C@@H](O)[C@@H]2O)[C@H]1O. The molecular weight excluding hydrogens is 675 g/mol. The van der Waals surface area contributed by atoms with E-state index in [1.807, 2.05) is 0 Å². The highest BCUT2D eigenvalue weighted by atomic mass is 31.2. The number of phosphoric ester groups is 1. The molecule has 4 aliphatic rings. The minimum Gasteiger partial charge on any atom is -0.394 e. The van der Waals surface area contributed by atoms with Gasteiger partial charge in [-0.05, 0) is 0 Å². The first kappa shape index (κ1) is 39.1. The number of aliphatic hydroxyl groups excluding tert-OH is 12. The van der Waals surface area contributed by atoms with Gasteiger partial charge in [-0.1, -0.05) is 0 Å². The Morgan fingerprint density at radius 3 is 1.74 bits per heavy atom. The highest BCUT2D eigenvalue weighted by molar-refractivity contribution is 7.46. The molecule has 4 fully saturated rings. The third kappa shape index (κ3) is 8.81. The average molecular weight is 717 g/mol. The lowest BCUT2D eigenvalue weighted by Gasteiger charge is -2.49. The Bertz CT molecular complexity index is 1030. The van der Waals surface area contributed by atoms with E-state index in [0.29, 0.717) is 0 Å². The van der Waals surface area contributed by atoms with Crippen molar-refractivity contribution in [1.82, 2.24) is 0 Å². The predicted octanol–water partition coefficient (Wildman–Crippen LogP) is -8.99. The molecule has 0 unspecified atom stereocenters. The Labute approximate surface area is 264 Å². The zero-order valence-electron chi connectivity index (χ0n) is 24.2. The Balaban J connectivity index is 1.62. The van der Waals surface area contributed by atoms with Gasteiger partial charge < -0.3 is 104 Å². The van der Waals surface area contributed by atoms with Crippen LogP contribution in [0.4, 0.5) is 0 Å². The van der Waals surface area contributed by atoms with Crippen LogP contribution in [0.15, 0.2) is 0 Å². The van der Waals surface area contributed by atoms with E-state index in [0.717, 1.165) is 0 Å². The predicted molar refractivity (Wildman–Crippen MR) is 139 cm³/mol. The van der Waals surface area contributed by atoms with Crippen molar-refractivity contribution in [2.24, 2.45) is 0 Å². The third-order valence-corrected chi connectivity index (χ3v) is 8.53. The molecule has 0 saturated carbocycles. The first-order valence-electron chi connectivity index (χ1n) is 14.3. The Kier molecular flexibility index (Phi) is 13.4. The summed E-state index contributed by atoms with van der Waals surface area (Å²) in [6.07, 6.45) is -35.7. The van der Waals surface area contributed by atoms with E-state index >= 15 is 0 Å². The quantitative estimate of drug-likeness (QED) is 0.0882. The molecule has 0 bridgehead atoms. The van der Waals surface area contributed by atoms with Gasteiger partial charge in [0.25, 0.3) is 0 Å². The lowest BCUT2D eigenvalue weighted by atomic mass is 9.96. The maximum Gasteiger partial charge on any atom is 0.469 e. The summed E-state index contributed by atoms with van der Waals surface area (Å²) in [5.41, 5.74) is 0. The fraction of sp³-hybridized carbons (Fsp3) is 1.00. The zero-order chi connectivity index (χ0) is 35.0. The molecule has 24 heteroatoms. The second kappa shape index (κ2) is 16.1. The molecule has 0 amide bonds. The molecule has 0 aromatic rings. The van der Waals surface area contributed by atoms with Gasteiger partial charge in [0.2, 0.25) is 0 Å². The van der Waals surface area contributed by atoms with E-state index in [2.05, 4.69) is 4.52 Å². The van der Waals surface area contributed by atoms with E-state index in [4.69, 9.17) is 33.2 Å². The number of rotatable bonds is 11. The second-order valence-electron chi connectivity index (χ2n) is 11.3. The minimum atomic E-state index is -5.19. The summed E-state index contributed by atoms with van der Waals surface area (Å²) >= 11 is 0. The van der Waals surface area contributed by atoms with Gasteiger partial charge >= 0.3 is 7.82 Å². The number of hydrogen-bond donors (Lipinski definition) is 14. The van der Waals surface area contributed by atoms with Gasteiger partial charge in [0, 0.05) is 0 Å². The maximum atomic E-state index is 11.4. The summed E-state index contributed by atoms with van der Waals surface area (Å²) in [4.78, 5) is 18.4. The Morgan fingerprint density at radius 2 is 1.13 bits per heavy atom. The molecule has 0 aromatic heterocycles. The first-order valence-corrected chi connectivity index (χ1v) is 15.8. The van der Waals surface area contributed by atoms with Crippen LogP contribution in [0, 0.1) is 0 Å². The van der Waals surface area contributed by atoms with Crippen molar-refractivity contribution in [3.63, 3.8) is 0 Å². The van der Waals surface area contributed by atoms with Crippen molar-refractivity contribution in [2.75, 3.05) is 26.4 Å². The van der Waals surface area contributed by atoms with Crippen LogP contribution >= 0.6 is 7.82 Å². The van der Waals surface area contributed by atoms with Gasteiger partial charge in [-0.2, -0.15) is 0 Å². The highest BCUT2D eigenvalue weighted by Crippen LogP contribution is 2.38. The van der Waals surface area contributed by atoms with Crippen molar-refractivity contribution in [1.29, 1.82) is 0 Å². The van der Waals surface area contributed by atoms with Crippen LogP contribution in [-0.4, -0.2) is 214 Å². The van der Waals surface area contributed by atoms with Crippen LogP contribution in [0.25, 0.3) is 0 Å². The fourth-order valence-electron chi connectivity index (χ4n) is 5.39. The molecule has 0 aromatic carbocycles. The summed E-state index contributed by atoms with van der Waals surface area (Å²) in [6.45, 7) is -3.45. The van der Waals surface area contributed by atoms with Crippen LogP contribution in [0.5, 0.6) is 0 Å².